The number of benzene rings is 1. The number of amides is 5. The van der Waals surface area contributed by atoms with Crippen LogP contribution in [0.25, 0.3) is 0 Å². The molecule has 1 unspecified atom stereocenters. The molecular formula is C47H67N5O9. The second-order valence-electron chi connectivity index (χ2n) is 17.8. The smallest absolute Gasteiger partial charge is 0.411 e. The van der Waals surface area contributed by atoms with Gasteiger partial charge in [0.25, 0.3) is 0 Å². The molecule has 3 aliphatic rings. The molecule has 2 fully saturated rings. The SMILES string of the molecule is CC1=C(C)C(=O)C(CCCOC(=O)NCCCC[C@H](NC(=O)[C@@H]2CCCN2C(=O)[C@H](/C=C/[C@@H]2CC(C)N2C(=O)OC(C)(C)C)Cc2ccccc2)C(=O)NC(C)C)=C(C)C1=O. The van der Waals surface area contributed by atoms with E-state index < -0.39 is 41.7 Å². The molecule has 2 heterocycles. The van der Waals surface area contributed by atoms with Crippen molar-refractivity contribution in [2.45, 2.75) is 156 Å². The first-order chi connectivity index (χ1) is 28.8. The van der Waals surface area contributed by atoms with Crippen LogP contribution in [0, 0.1) is 5.92 Å². The summed E-state index contributed by atoms with van der Waals surface area (Å²) in [6.45, 7) is 16.8. The van der Waals surface area contributed by atoms with Gasteiger partial charge in [-0.25, -0.2) is 9.59 Å². The molecule has 334 valence electrons. The average Bonchev–Trinajstić information content (AvgIpc) is 3.69. The minimum Gasteiger partial charge on any atom is -0.450 e. The fourth-order valence-electron chi connectivity index (χ4n) is 7.96. The van der Waals surface area contributed by atoms with Crippen molar-refractivity contribution in [2.75, 3.05) is 19.7 Å². The predicted octanol–water partition coefficient (Wildman–Crippen LogP) is 6.28. The van der Waals surface area contributed by atoms with Crippen LogP contribution >= 0.6 is 0 Å². The van der Waals surface area contributed by atoms with Gasteiger partial charge in [-0.2, -0.15) is 0 Å². The minimum atomic E-state index is -0.853. The van der Waals surface area contributed by atoms with E-state index >= 15 is 0 Å². The summed E-state index contributed by atoms with van der Waals surface area (Å²) >= 11 is 0. The van der Waals surface area contributed by atoms with Crippen LogP contribution in [-0.4, -0.2) is 107 Å². The van der Waals surface area contributed by atoms with Crippen LogP contribution in [0.3, 0.4) is 0 Å². The first-order valence-electron chi connectivity index (χ1n) is 21.8. The van der Waals surface area contributed by atoms with Crippen LogP contribution in [0.2, 0.25) is 0 Å². The molecule has 5 amide bonds. The lowest BCUT2D eigenvalue weighted by Gasteiger charge is -2.45. The summed E-state index contributed by atoms with van der Waals surface area (Å²) in [5.74, 6) is -1.78. The molecule has 14 heteroatoms. The molecule has 1 aliphatic carbocycles. The zero-order valence-electron chi connectivity index (χ0n) is 37.6. The third kappa shape index (κ3) is 13.6. The summed E-state index contributed by atoms with van der Waals surface area (Å²) in [5, 5.41) is 8.53. The maximum Gasteiger partial charge on any atom is 0.411 e. The molecule has 14 nitrogen and oxygen atoms in total. The Balaban J connectivity index is 1.32. The van der Waals surface area contributed by atoms with Gasteiger partial charge in [0.05, 0.1) is 18.6 Å². The van der Waals surface area contributed by atoms with Gasteiger partial charge in [0.1, 0.15) is 17.7 Å². The van der Waals surface area contributed by atoms with Gasteiger partial charge in [0.15, 0.2) is 11.6 Å². The van der Waals surface area contributed by atoms with Gasteiger partial charge in [0.2, 0.25) is 17.7 Å². The van der Waals surface area contributed by atoms with E-state index in [2.05, 4.69) is 16.0 Å². The summed E-state index contributed by atoms with van der Waals surface area (Å²) in [7, 11) is 0. The molecule has 2 aliphatic heterocycles. The van der Waals surface area contributed by atoms with Crippen LogP contribution in [0.1, 0.15) is 119 Å². The van der Waals surface area contributed by atoms with Crippen LogP contribution in [0.5, 0.6) is 0 Å². The van der Waals surface area contributed by atoms with E-state index in [1.54, 1.807) is 30.6 Å². The van der Waals surface area contributed by atoms with Crippen molar-refractivity contribution >= 4 is 41.5 Å². The fraction of sp³-hybridized carbons (Fsp3) is 0.596. The quantitative estimate of drug-likeness (QED) is 0.0871. The lowest BCUT2D eigenvalue weighted by Crippen LogP contribution is -2.57. The molecular weight excluding hydrogens is 779 g/mol. The predicted molar refractivity (Wildman–Crippen MR) is 232 cm³/mol. The van der Waals surface area contributed by atoms with Crippen molar-refractivity contribution in [3.63, 3.8) is 0 Å². The number of allylic oxidation sites excluding steroid dienone is 4. The molecule has 0 saturated carbocycles. The zero-order valence-corrected chi connectivity index (χ0v) is 37.6. The van der Waals surface area contributed by atoms with Crippen LogP contribution in [0.4, 0.5) is 9.59 Å². The van der Waals surface area contributed by atoms with Crippen molar-refractivity contribution in [2.24, 2.45) is 5.92 Å². The maximum absolute atomic E-state index is 14.4. The van der Waals surface area contributed by atoms with Crippen molar-refractivity contribution in [1.82, 2.24) is 25.8 Å². The topological polar surface area (TPSA) is 181 Å². The number of carbonyl (C=O) groups is 7. The van der Waals surface area contributed by atoms with Crippen molar-refractivity contribution in [3.8, 4) is 0 Å². The van der Waals surface area contributed by atoms with E-state index in [1.807, 2.05) is 84.0 Å². The Bertz CT molecular complexity index is 1880. The first kappa shape index (κ1) is 48.4. The second-order valence-corrected chi connectivity index (χ2v) is 17.8. The number of alkyl carbamates (subject to hydrolysis) is 1. The molecule has 2 saturated heterocycles. The summed E-state index contributed by atoms with van der Waals surface area (Å²) in [5.41, 5.74) is 2.14. The number of Topliss-reactive ketones (excluding diaryl/α,β-unsaturated/α-hetero) is 2. The summed E-state index contributed by atoms with van der Waals surface area (Å²) in [6, 6.07) is 7.68. The van der Waals surface area contributed by atoms with Gasteiger partial charge in [-0.15, -0.1) is 0 Å². The number of ether oxygens (including phenoxy) is 2. The van der Waals surface area contributed by atoms with E-state index in [9.17, 15) is 33.6 Å². The van der Waals surface area contributed by atoms with Crippen LogP contribution in [-0.2, 0) is 39.9 Å². The van der Waals surface area contributed by atoms with E-state index in [1.165, 1.54) is 0 Å². The molecule has 0 aromatic heterocycles. The van der Waals surface area contributed by atoms with Crippen molar-refractivity contribution < 1.29 is 43.0 Å². The second kappa shape index (κ2) is 22.0. The highest BCUT2D eigenvalue weighted by Crippen LogP contribution is 2.31. The lowest BCUT2D eigenvalue weighted by molar-refractivity contribution is -0.141. The molecule has 1 aromatic carbocycles. The van der Waals surface area contributed by atoms with Gasteiger partial charge < -0.3 is 30.3 Å². The molecule has 1 aromatic rings. The Morgan fingerprint density at radius 1 is 0.918 bits per heavy atom. The molecule has 0 bridgehead atoms. The van der Waals surface area contributed by atoms with E-state index in [4.69, 9.17) is 9.47 Å². The number of rotatable bonds is 18. The Hall–Kier alpha value is -5.27. The molecule has 0 radical (unpaired) electrons. The van der Waals surface area contributed by atoms with Crippen molar-refractivity contribution in [3.05, 3.63) is 70.3 Å². The van der Waals surface area contributed by atoms with Gasteiger partial charge in [-0.1, -0.05) is 42.5 Å². The van der Waals surface area contributed by atoms with Gasteiger partial charge in [-0.05, 0) is 126 Å². The van der Waals surface area contributed by atoms with Crippen molar-refractivity contribution in [1.29, 1.82) is 0 Å². The highest BCUT2D eigenvalue weighted by Gasteiger charge is 2.41. The van der Waals surface area contributed by atoms with E-state index in [-0.39, 0.29) is 54.7 Å². The molecule has 5 atom stereocenters. The monoisotopic (exact) mass is 845 g/mol. The zero-order chi connectivity index (χ0) is 45.0. The number of nitrogens with zero attached hydrogens (tertiary/aromatic N) is 2. The van der Waals surface area contributed by atoms with E-state index in [0.717, 1.165) is 12.0 Å². The summed E-state index contributed by atoms with van der Waals surface area (Å²) in [6.07, 6.45) is 7.04. The molecule has 4 rings (SSSR count). The number of ketones is 2. The average molecular weight is 846 g/mol. The summed E-state index contributed by atoms with van der Waals surface area (Å²) in [4.78, 5) is 95.4. The minimum absolute atomic E-state index is 0.000656. The number of unbranched alkanes of at least 4 members (excludes halogenated alkanes) is 1. The molecule has 3 N–H and O–H groups in total. The van der Waals surface area contributed by atoms with Crippen LogP contribution < -0.4 is 16.0 Å². The Labute approximate surface area is 361 Å². The number of carbonyl (C=O) groups excluding carboxylic acids is 7. The highest BCUT2D eigenvalue weighted by atomic mass is 16.6. The van der Waals surface area contributed by atoms with Gasteiger partial charge in [0, 0.05) is 47.5 Å². The van der Waals surface area contributed by atoms with Gasteiger partial charge in [-0.3, -0.25) is 28.9 Å². The highest BCUT2D eigenvalue weighted by molar-refractivity contribution is 6.24. The summed E-state index contributed by atoms with van der Waals surface area (Å²) < 4.78 is 10.9. The molecule has 61 heavy (non-hydrogen) atoms. The number of hydrogen-bond donors (Lipinski definition) is 3. The standard InChI is InChI=1S/C47H67N5O9/c1-29(2)49-42(55)38(20-13-14-24-48-45(58)60-26-16-19-37-33(6)40(53)31(4)32(5)41(37)54)50-43(56)39-21-15-25-51(39)44(57)35(28-34-17-11-10-12-18-34)22-23-36-27-30(3)52(36)46(59)61-47(7,8)9/h10-12,17-18,22-23,29-30,35-36,38-39H,13-16,19-21,24-28H2,1-9H3,(H,48,58)(H,49,55)(H,50,56)/b23-22+/t30?,35-,36-,38+,39+/m1/s1. The Morgan fingerprint density at radius 3 is 2.26 bits per heavy atom. The van der Waals surface area contributed by atoms with Crippen LogP contribution in [0.15, 0.2) is 64.8 Å². The normalized spacial score (nSPS) is 20.5. The third-order valence-corrected chi connectivity index (χ3v) is 11.4. The number of likely N-dealkylation sites (tertiary alicyclic amines) is 2. The Kier molecular flexibility index (Phi) is 17.5. The lowest BCUT2D eigenvalue weighted by atomic mass is 9.84. The first-order valence-corrected chi connectivity index (χ1v) is 21.8. The van der Waals surface area contributed by atoms with Gasteiger partial charge >= 0.3 is 12.2 Å². The maximum atomic E-state index is 14.4. The Morgan fingerprint density at radius 2 is 1.61 bits per heavy atom. The number of nitrogens with one attached hydrogen (secondary N) is 3. The van der Waals surface area contributed by atoms with E-state index in [0.29, 0.717) is 80.2 Å². The fourth-order valence-corrected chi connectivity index (χ4v) is 7.96. The number of hydrogen-bond acceptors (Lipinski definition) is 9. The third-order valence-electron chi connectivity index (χ3n) is 11.4. The largest absolute Gasteiger partial charge is 0.450 e. The molecule has 0 spiro atoms.